The van der Waals surface area contributed by atoms with Crippen LogP contribution in [-0.4, -0.2) is 46.2 Å². The molecule has 1 N–H and O–H groups in total. The maximum atomic E-state index is 14.7. The lowest BCUT2D eigenvalue weighted by Crippen LogP contribution is -2.37. The van der Waals surface area contributed by atoms with Gasteiger partial charge in [-0.05, 0) is 18.5 Å². The Hall–Kier alpha value is -2.13. The lowest BCUT2D eigenvalue weighted by molar-refractivity contribution is 0.122. The summed E-state index contributed by atoms with van der Waals surface area (Å²) in [6, 6.07) is -0.497. The van der Waals surface area contributed by atoms with E-state index in [1.165, 1.54) is 0 Å². The predicted molar refractivity (Wildman–Crippen MR) is 84.1 cm³/mol. The molecule has 1 aliphatic heterocycles. The zero-order valence-corrected chi connectivity index (χ0v) is 13.6. The molecule has 128 valence electrons. The second-order valence-electron chi connectivity index (χ2n) is 5.20. The molecule has 24 heavy (non-hydrogen) atoms. The summed E-state index contributed by atoms with van der Waals surface area (Å²) >= 11 is 5.92. The molecule has 1 saturated heterocycles. The molecule has 2 aromatic rings. The number of morpholine rings is 1. The Labute approximate surface area is 142 Å². The number of rotatable bonds is 4. The largest absolute Gasteiger partial charge is 0.378 e. The second-order valence-corrected chi connectivity index (χ2v) is 5.54. The molecule has 1 atom stereocenters. The van der Waals surface area contributed by atoms with Crippen LogP contribution >= 0.6 is 11.6 Å². The zero-order chi connectivity index (χ0) is 17.1. The molecule has 1 fully saturated rings. The van der Waals surface area contributed by atoms with Crippen molar-refractivity contribution >= 4 is 23.2 Å². The topological polar surface area (TPSA) is 76.1 Å². The number of ether oxygens (including phenoxy) is 1. The molecule has 3 rings (SSSR count). The molecule has 10 heteroatoms. The van der Waals surface area contributed by atoms with Crippen LogP contribution < -0.4 is 10.2 Å². The monoisotopic (exact) mass is 356 g/mol. The third kappa shape index (κ3) is 3.68. The van der Waals surface area contributed by atoms with Gasteiger partial charge in [0.2, 0.25) is 11.1 Å². The number of anilines is 2. The van der Waals surface area contributed by atoms with Gasteiger partial charge in [-0.2, -0.15) is 14.4 Å². The van der Waals surface area contributed by atoms with Gasteiger partial charge in [0.15, 0.2) is 17.5 Å². The van der Waals surface area contributed by atoms with Crippen molar-refractivity contribution in [2.45, 2.75) is 13.0 Å². The van der Waals surface area contributed by atoms with Gasteiger partial charge in [0.25, 0.3) is 0 Å². The van der Waals surface area contributed by atoms with Crippen LogP contribution in [0.4, 0.5) is 20.4 Å². The lowest BCUT2D eigenvalue weighted by Gasteiger charge is -2.28. The van der Waals surface area contributed by atoms with Crippen molar-refractivity contribution in [3.05, 3.63) is 35.1 Å². The molecular weight excluding hydrogens is 342 g/mol. The fourth-order valence-electron chi connectivity index (χ4n) is 2.30. The van der Waals surface area contributed by atoms with Crippen molar-refractivity contribution in [2.24, 2.45) is 0 Å². The summed E-state index contributed by atoms with van der Waals surface area (Å²) in [5.74, 6) is -0.796. The average Bonchev–Trinajstić information content (AvgIpc) is 2.59. The first-order valence-electron chi connectivity index (χ1n) is 7.34. The highest BCUT2D eigenvalue weighted by Crippen LogP contribution is 2.27. The average molecular weight is 357 g/mol. The molecule has 0 amide bonds. The number of nitrogens with one attached hydrogen (secondary N) is 1. The van der Waals surface area contributed by atoms with Gasteiger partial charge in [0.1, 0.15) is 5.82 Å². The zero-order valence-electron chi connectivity index (χ0n) is 12.8. The highest BCUT2D eigenvalue weighted by molar-refractivity contribution is 6.28. The van der Waals surface area contributed by atoms with E-state index in [9.17, 15) is 8.78 Å². The first-order valence-corrected chi connectivity index (χ1v) is 7.72. The van der Waals surface area contributed by atoms with Gasteiger partial charge in [-0.3, -0.25) is 0 Å². The van der Waals surface area contributed by atoms with Gasteiger partial charge >= 0.3 is 0 Å². The van der Waals surface area contributed by atoms with E-state index in [4.69, 9.17) is 16.3 Å². The maximum Gasteiger partial charge on any atom is 0.226 e. The minimum atomic E-state index is -0.615. The molecule has 0 unspecified atom stereocenters. The molecule has 7 nitrogen and oxygen atoms in total. The van der Waals surface area contributed by atoms with Crippen molar-refractivity contribution < 1.29 is 13.5 Å². The van der Waals surface area contributed by atoms with Crippen LogP contribution in [0.3, 0.4) is 0 Å². The molecule has 2 aromatic heterocycles. The molecule has 0 spiro atoms. The summed E-state index contributed by atoms with van der Waals surface area (Å²) in [4.78, 5) is 17.3. The Morgan fingerprint density at radius 3 is 2.54 bits per heavy atom. The highest BCUT2D eigenvalue weighted by Gasteiger charge is 2.22. The molecule has 0 saturated carbocycles. The first kappa shape index (κ1) is 16.7. The summed E-state index contributed by atoms with van der Waals surface area (Å²) in [5, 5.41) is 2.77. The van der Waals surface area contributed by atoms with Crippen LogP contribution in [0.15, 0.2) is 12.4 Å². The van der Waals surface area contributed by atoms with Crippen molar-refractivity contribution in [3.63, 3.8) is 0 Å². The predicted octanol–water partition coefficient (Wildman–Crippen LogP) is 2.21. The van der Waals surface area contributed by atoms with E-state index in [0.29, 0.717) is 32.1 Å². The standard InChI is InChI=1S/C14H15ClF2N6O/c1-8(11-18-6-9(16)7-19-11)20-12-10(17)13(22-14(15)21-12)23-2-4-24-5-3-23/h6-8H,2-5H2,1H3,(H,20,21,22)/t8-/m0/s1. The smallest absolute Gasteiger partial charge is 0.226 e. The van der Waals surface area contributed by atoms with Gasteiger partial charge in [0.05, 0.1) is 31.6 Å². The Bertz CT molecular complexity index is 711. The molecule has 0 aromatic carbocycles. The van der Waals surface area contributed by atoms with E-state index < -0.39 is 17.7 Å². The maximum absolute atomic E-state index is 14.7. The number of aromatic nitrogens is 4. The van der Waals surface area contributed by atoms with Gasteiger partial charge in [-0.25, -0.2) is 14.4 Å². The molecule has 0 bridgehead atoms. The number of halogens is 3. The van der Waals surface area contributed by atoms with Crippen molar-refractivity contribution in [1.29, 1.82) is 0 Å². The van der Waals surface area contributed by atoms with Crippen LogP contribution in [0.25, 0.3) is 0 Å². The minimum absolute atomic E-state index is 0.0584. The Morgan fingerprint density at radius 2 is 1.88 bits per heavy atom. The quantitative estimate of drug-likeness (QED) is 0.841. The van der Waals surface area contributed by atoms with Crippen molar-refractivity contribution in [1.82, 2.24) is 19.9 Å². The number of nitrogens with zero attached hydrogens (tertiary/aromatic N) is 5. The summed E-state index contributed by atoms with van der Waals surface area (Å²) in [6.45, 7) is 3.71. The second kappa shape index (κ2) is 7.18. The normalized spacial score (nSPS) is 16.1. The van der Waals surface area contributed by atoms with E-state index in [0.717, 1.165) is 12.4 Å². The minimum Gasteiger partial charge on any atom is -0.378 e. The van der Waals surface area contributed by atoms with E-state index >= 15 is 0 Å². The Morgan fingerprint density at radius 1 is 1.21 bits per heavy atom. The van der Waals surface area contributed by atoms with Crippen LogP contribution in [0.5, 0.6) is 0 Å². The van der Waals surface area contributed by atoms with E-state index in [1.54, 1.807) is 11.8 Å². The molecule has 1 aliphatic rings. The summed E-state index contributed by atoms with van der Waals surface area (Å²) < 4.78 is 32.9. The van der Waals surface area contributed by atoms with Crippen molar-refractivity contribution in [3.8, 4) is 0 Å². The molecule has 0 aliphatic carbocycles. The number of hydrogen-bond donors (Lipinski definition) is 1. The van der Waals surface area contributed by atoms with Gasteiger partial charge in [-0.1, -0.05) is 0 Å². The van der Waals surface area contributed by atoms with Gasteiger partial charge in [-0.15, -0.1) is 0 Å². The van der Waals surface area contributed by atoms with E-state index in [2.05, 4.69) is 25.3 Å². The van der Waals surface area contributed by atoms with Crippen LogP contribution in [0.1, 0.15) is 18.8 Å². The van der Waals surface area contributed by atoms with Crippen LogP contribution in [0.2, 0.25) is 5.28 Å². The summed E-state index contributed by atoms with van der Waals surface area (Å²) in [7, 11) is 0. The molecular formula is C14H15ClF2N6O. The number of hydrogen-bond acceptors (Lipinski definition) is 7. The molecule has 3 heterocycles. The fraction of sp³-hybridized carbons (Fsp3) is 0.429. The highest BCUT2D eigenvalue weighted by atomic mass is 35.5. The van der Waals surface area contributed by atoms with Crippen LogP contribution in [0, 0.1) is 11.6 Å². The Kier molecular flexibility index (Phi) is 5.00. The van der Waals surface area contributed by atoms with Gasteiger partial charge in [0, 0.05) is 13.1 Å². The first-order chi connectivity index (χ1) is 11.5. The Balaban J connectivity index is 1.84. The van der Waals surface area contributed by atoms with Crippen LogP contribution in [-0.2, 0) is 4.74 Å². The van der Waals surface area contributed by atoms with E-state index in [-0.39, 0.29) is 16.9 Å². The SMILES string of the molecule is C[C@H](Nc1nc(Cl)nc(N2CCOCC2)c1F)c1ncc(F)cn1. The fourth-order valence-corrected chi connectivity index (χ4v) is 2.47. The third-order valence-corrected chi connectivity index (χ3v) is 3.67. The lowest BCUT2D eigenvalue weighted by atomic mass is 10.3. The summed E-state index contributed by atoms with van der Waals surface area (Å²) in [6.07, 6.45) is 2.09. The summed E-state index contributed by atoms with van der Waals surface area (Å²) in [5.41, 5.74) is 0. The van der Waals surface area contributed by atoms with Crippen molar-refractivity contribution in [2.75, 3.05) is 36.5 Å². The third-order valence-electron chi connectivity index (χ3n) is 3.50. The van der Waals surface area contributed by atoms with E-state index in [1.807, 2.05) is 0 Å². The molecule has 0 radical (unpaired) electrons. The van der Waals surface area contributed by atoms with Gasteiger partial charge < -0.3 is 15.0 Å².